The third-order valence-electron chi connectivity index (χ3n) is 3.52. The quantitative estimate of drug-likeness (QED) is 0.850. The maximum Gasteiger partial charge on any atom is 0.294 e. The highest BCUT2D eigenvalue weighted by molar-refractivity contribution is 5.75. The third kappa shape index (κ3) is 2.00. The maximum atomic E-state index is 5.92. The zero-order chi connectivity index (χ0) is 11.7. The first-order chi connectivity index (χ1) is 8.36. The lowest BCUT2D eigenvalue weighted by Gasteiger charge is -2.17. The average Bonchev–Trinajstić information content (AvgIpc) is 2.94. The number of hydrogen-bond acceptors (Lipinski definition) is 3. The number of aromatic nitrogens is 2. The molecule has 3 N–H and O–H groups in total. The van der Waals surface area contributed by atoms with E-state index in [2.05, 4.69) is 9.97 Å². The molecule has 3 rings (SSSR count). The summed E-state index contributed by atoms with van der Waals surface area (Å²) in [5.41, 5.74) is 7.71. The molecule has 1 saturated carbocycles. The van der Waals surface area contributed by atoms with Crippen molar-refractivity contribution in [3.63, 3.8) is 0 Å². The van der Waals surface area contributed by atoms with Crippen LogP contribution in [0.1, 0.15) is 19.3 Å². The highest BCUT2D eigenvalue weighted by Gasteiger charge is 2.28. The Morgan fingerprint density at radius 3 is 3.06 bits per heavy atom. The molecule has 0 radical (unpaired) electrons. The van der Waals surface area contributed by atoms with Gasteiger partial charge in [-0.25, -0.2) is 0 Å². The number of nitrogens with zero attached hydrogens (tertiary/aromatic N) is 1. The number of imidazole rings is 1. The highest BCUT2D eigenvalue weighted by Crippen LogP contribution is 2.28. The lowest BCUT2D eigenvalue weighted by atomic mass is 10.1. The second-order valence-corrected chi connectivity index (χ2v) is 4.64. The van der Waals surface area contributed by atoms with Crippen molar-refractivity contribution in [2.45, 2.75) is 25.4 Å². The van der Waals surface area contributed by atoms with Gasteiger partial charge in [0.1, 0.15) is 6.10 Å². The number of rotatable bonds is 3. The first-order valence-electron chi connectivity index (χ1n) is 6.18. The first-order valence-corrected chi connectivity index (χ1v) is 6.18. The minimum absolute atomic E-state index is 0.223. The van der Waals surface area contributed by atoms with E-state index in [-0.39, 0.29) is 6.10 Å². The summed E-state index contributed by atoms with van der Waals surface area (Å²) in [5, 5.41) is 0. The molecule has 4 heteroatoms. The zero-order valence-electron chi connectivity index (χ0n) is 9.73. The summed E-state index contributed by atoms with van der Waals surface area (Å²) in [6, 6.07) is 8.57. The van der Waals surface area contributed by atoms with Crippen LogP contribution in [0.3, 0.4) is 0 Å². The van der Waals surface area contributed by atoms with Gasteiger partial charge in [-0.1, -0.05) is 12.1 Å². The Labute approximate surface area is 100 Å². The maximum absolute atomic E-state index is 5.92. The van der Waals surface area contributed by atoms with Crippen molar-refractivity contribution < 1.29 is 4.74 Å². The second-order valence-electron chi connectivity index (χ2n) is 4.64. The number of benzene rings is 1. The van der Waals surface area contributed by atoms with Crippen molar-refractivity contribution in [2.75, 3.05) is 6.54 Å². The number of fused-ring (bicyclic) bond motifs is 1. The molecule has 1 aliphatic carbocycles. The van der Waals surface area contributed by atoms with Gasteiger partial charge in [0.2, 0.25) is 0 Å². The number of ether oxygens (including phenoxy) is 1. The summed E-state index contributed by atoms with van der Waals surface area (Å²) in [6.45, 7) is 0.699. The smallest absolute Gasteiger partial charge is 0.294 e. The van der Waals surface area contributed by atoms with Crippen molar-refractivity contribution in [3.8, 4) is 6.01 Å². The number of nitrogens with two attached hydrogens (primary N) is 1. The molecule has 1 heterocycles. The van der Waals surface area contributed by atoms with E-state index in [4.69, 9.17) is 10.5 Å². The van der Waals surface area contributed by atoms with Gasteiger partial charge >= 0.3 is 0 Å². The van der Waals surface area contributed by atoms with Gasteiger partial charge in [0.05, 0.1) is 11.0 Å². The van der Waals surface area contributed by atoms with Crippen molar-refractivity contribution in [3.05, 3.63) is 24.3 Å². The van der Waals surface area contributed by atoms with E-state index in [1.54, 1.807) is 0 Å². The van der Waals surface area contributed by atoms with Crippen LogP contribution in [0.5, 0.6) is 6.01 Å². The van der Waals surface area contributed by atoms with Crippen molar-refractivity contribution in [2.24, 2.45) is 11.7 Å². The lowest BCUT2D eigenvalue weighted by molar-refractivity contribution is 0.150. The van der Waals surface area contributed by atoms with Crippen LogP contribution in [-0.2, 0) is 0 Å². The summed E-state index contributed by atoms with van der Waals surface area (Å²) < 4.78 is 5.92. The Morgan fingerprint density at radius 2 is 2.24 bits per heavy atom. The van der Waals surface area contributed by atoms with Gasteiger partial charge in [0.25, 0.3) is 6.01 Å². The van der Waals surface area contributed by atoms with Crippen LogP contribution in [0, 0.1) is 5.92 Å². The molecule has 0 bridgehead atoms. The number of nitrogens with one attached hydrogen (secondary N) is 1. The number of hydrogen-bond donors (Lipinski definition) is 2. The number of para-hydroxylation sites is 2. The van der Waals surface area contributed by atoms with E-state index in [9.17, 15) is 0 Å². The molecule has 17 heavy (non-hydrogen) atoms. The van der Waals surface area contributed by atoms with Crippen LogP contribution in [0.25, 0.3) is 11.0 Å². The second kappa shape index (κ2) is 4.37. The molecule has 2 atom stereocenters. The minimum Gasteiger partial charge on any atom is -0.461 e. The number of H-pyrrole nitrogens is 1. The Balaban J connectivity index is 1.80. The molecule has 1 fully saturated rings. The van der Waals surface area contributed by atoms with Gasteiger partial charge in [-0.05, 0) is 37.9 Å². The Kier molecular flexibility index (Phi) is 2.73. The monoisotopic (exact) mass is 231 g/mol. The summed E-state index contributed by atoms with van der Waals surface area (Å²) in [5.74, 6) is 0.475. The van der Waals surface area contributed by atoms with Gasteiger partial charge in [-0.3, -0.25) is 0 Å². The van der Waals surface area contributed by atoms with Gasteiger partial charge in [0.15, 0.2) is 0 Å². The van der Waals surface area contributed by atoms with Crippen LogP contribution in [0.2, 0.25) is 0 Å². The Bertz CT molecular complexity index is 475. The van der Waals surface area contributed by atoms with Crippen LogP contribution < -0.4 is 10.5 Å². The predicted octanol–water partition coefficient (Wildman–Crippen LogP) is 2.07. The fourth-order valence-electron chi connectivity index (χ4n) is 2.56. The van der Waals surface area contributed by atoms with Crippen molar-refractivity contribution in [1.82, 2.24) is 9.97 Å². The van der Waals surface area contributed by atoms with E-state index in [0.717, 1.165) is 17.5 Å². The van der Waals surface area contributed by atoms with Crippen LogP contribution in [0.4, 0.5) is 0 Å². The van der Waals surface area contributed by atoms with E-state index in [0.29, 0.717) is 18.5 Å². The Hall–Kier alpha value is -1.55. The van der Waals surface area contributed by atoms with Crippen LogP contribution in [0.15, 0.2) is 24.3 Å². The summed E-state index contributed by atoms with van der Waals surface area (Å²) in [7, 11) is 0. The van der Waals surface area contributed by atoms with E-state index < -0.39 is 0 Å². The zero-order valence-corrected chi connectivity index (χ0v) is 9.73. The number of aromatic amines is 1. The highest BCUT2D eigenvalue weighted by atomic mass is 16.5. The van der Waals surface area contributed by atoms with Gasteiger partial charge in [-0.2, -0.15) is 4.98 Å². The summed E-state index contributed by atoms with van der Waals surface area (Å²) in [6.07, 6.45) is 3.67. The molecule has 4 nitrogen and oxygen atoms in total. The van der Waals surface area contributed by atoms with Gasteiger partial charge < -0.3 is 15.5 Å². The first kappa shape index (κ1) is 10.6. The molecule has 1 aliphatic rings. The normalized spacial score (nSPS) is 24.3. The molecule has 90 valence electrons. The van der Waals surface area contributed by atoms with Gasteiger partial charge in [-0.15, -0.1) is 0 Å². The molecular weight excluding hydrogens is 214 g/mol. The molecule has 0 amide bonds. The molecule has 1 aromatic heterocycles. The fraction of sp³-hybridized carbons (Fsp3) is 0.462. The van der Waals surface area contributed by atoms with Crippen LogP contribution in [-0.4, -0.2) is 22.6 Å². The third-order valence-corrected chi connectivity index (χ3v) is 3.52. The van der Waals surface area contributed by atoms with Gasteiger partial charge in [0, 0.05) is 5.92 Å². The molecule has 0 saturated heterocycles. The van der Waals surface area contributed by atoms with Crippen molar-refractivity contribution in [1.29, 1.82) is 0 Å². The van der Waals surface area contributed by atoms with E-state index in [1.807, 2.05) is 24.3 Å². The topological polar surface area (TPSA) is 63.9 Å². The minimum atomic E-state index is 0.223. The largest absolute Gasteiger partial charge is 0.461 e. The lowest BCUT2D eigenvalue weighted by Crippen LogP contribution is -2.27. The molecule has 0 spiro atoms. The van der Waals surface area contributed by atoms with Crippen LogP contribution >= 0.6 is 0 Å². The predicted molar refractivity (Wildman–Crippen MR) is 66.9 cm³/mol. The summed E-state index contributed by atoms with van der Waals surface area (Å²) in [4.78, 5) is 7.62. The molecule has 2 aromatic rings. The fourth-order valence-corrected chi connectivity index (χ4v) is 2.56. The Morgan fingerprint density at radius 1 is 1.35 bits per heavy atom. The summed E-state index contributed by atoms with van der Waals surface area (Å²) >= 11 is 0. The molecule has 2 unspecified atom stereocenters. The average molecular weight is 231 g/mol. The SMILES string of the molecule is NCC1CCCC1Oc1nc2ccccc2[nH]1. The molecular formula is C13H17N3O. The standard InChI is InChI=1S/C13H17N3O/c14-8-9-4-3-7-12(9)17-13-15-10-5-1-2-6-11(10)16-13/h1-2,5-6,9,12H,3-4,7-8,14H2,(H,15,16). The molecule has 0 aliphatic heterocycles. The van der Waals surface area contributed by atoms with E-state index in [1.165, 1.54) is 12.8 Å². The van der Waals surface area contributed by atoms with Crippen molar-refractivity contribution >= 4 is 11.0 Å². The van der Waals surface area contributed by atoms with E-state index >= 15 is 0 Å². The molecule has 1 aromatic carbocycles.